The zero-order valence-corrected chi connectivity index (χ0v) is 9.98. The number of rotatable bonds is 3. The van der Waals surface area contributed by atoms with Gasteiger partial charge in [-0.2, -0.15) is 13.2 Å². The van der Waals surface area contributed by atoms with Gasteiger partial charge >= 0.3 is 12.1 Å². The molecule has 7 heteroatoms. The third-order valence-corrected chi connectivity index (χ3v) is 2.55. The van der Waals surface area contributed by atoms with E-state index in [1.807, 2.05) is 0 Å². The largest absolute Gasteiger partial charge is 0.478 e. The van der Waals surface area contributed by atoms with Crippen LogP contribution in [0.1, 0.15) is 15.9 Å². The Morgan fingerprint density at radius 1 is 1.15 bits per heavy atom. The molecule has 104 valence electrons. The molecule has 1 aromatic heterocycles. The van der Waals surface area contributed by atoms with Gasteiger partial charge in [0.1, 0.15) is 5.56 Å². The van der Waals surface area contributed by atoms with Crippen LogP contribution in [0.3, 0.4) is 0 Å². The van der Waals surface area contributed by atoms with Crippen LogP contribution >= 0.6 is 0 Å². The number of benzene rings is 1. The predicted octanol–water partition coefficient (Wildman–Crippen LogP) is 3.54. The van der Waals surface area contributed by atoms with Crippen LogP contribution in [0.25, 0.3) is 0 Å². The molecule has 0 saturated carbocycles. The van der Waals surface area contributed by atoms with Crippen molar-refractivity contribution < 1.29 is 23.1 Å². The second-order valence-electron chi connectivity index (χ2n) is 3.89. The number of pyridine rings is 1. The molecule has 0 aliphatic heterocycles. The first kappa shape index (κ1) is 13.9. The van der Waals surface area contributed by atoms with E-state index in [1.165, 1.54) is 30.5 Å². The topological polar surface area (TPSA) is 62.2 Å². The summed E-state index contributed by atoms with van der Waals surface area (Å²) in [7, 11) is 0. The first-order valence-corrected chi connectivity index (χ1v) is 5.50. The SMILES string of the molecule is O=C(O)c1cnccc1Nc1ccccc1C(F)(F)F. The Balaban J connectivity index is 2.44. The predicted molar refractivity (Wildman–Crippen MR) is 65.9 cm³/mol. The highest BCUT2D eigenvalue weighted by Crippen LogP contribution is 2.36. The van der Waals surface area contributed by atoms with Gasteiger partial charge in [0.15, 0.2) is 0 Å². The van der Waals surface area contributed by atoms with Crippen LogP contribution in [0.5, 0.6) is 0 Å². The first-order chi connectivity index (χ1) is 9.39. The van der Waals surface area contributed by atoms with E-state index in [-0.39, 0.29) is 16.9 Å². The Hall–Kier alpha value is -2.57. The number of aromatic carboxylic acids is 1. The molecule has 0 fully saturated rings. The maximum atomic E-state index is 12.8. The summed E-state index contributed by atoms with van der Waals surface area (Å²) < 4.78 is 38.5. The fourth-order valence-corrected chi connectivity index (χ4v) is 1.66. The van der Waals surface area contributed by atoms with E-state index < -0.39 is 17.7 Å². The standard InChI is InChI=1S/C13H9F3N2O2/c14-13(15,16)9-3-1-2-4-11(9)18-10-5-6-17-7-8(10)12(19)20/h1-7H,(H,17,18)(H,19,20). The minimum Gasteiger partial charge on any atom is -0.478 e. The highest BCUT2D eigenvalue weighted by atomic mass is 19.4. The number of anilines is 2. The zero-order chi connectivity index (χ0) is 14.8. The van der Waals surface area contributed by atoms with Crippen LogP contribution in [0.15, 0.2) is 42.7 Å². The third-order valence-electron chi connectivity index (χ3n) is 2.55. The number of halogens is 3. The molecule has 0 unspecified atom stereocenters. The third kappa shape index (κ3) is 2.87. The smallest absolute Gasteiger partial charge is 0.418 e. The molecule has 0 aliphatic rings. The van der Waals surface area contributed by atoms with Crippen LogP contribution in [-0.2, 0) is 6.18 Å². The van der Waals surface area contributed by atoms with Crippen molar-refractivity contribution in [2.45, 2.75) is 6.18 Å². The molecular formula is C13H9F3N2O2. The van der Waals surface area contributed by atoms with Gasteiger partial charge in [-0.1, -0.05) is 12.1 Å². The molecule has 0 spiro atoms. The van der Waals surface area contributed by atoms with E-state index in [9.17, 15) is 18.0 Å². The fourth-order valence-electron chi connectivity index (χ4n) is 1.66. The second kappa shape index (κ2) is 5.20. The number of hydrogen-bond acceptors (Lipinski definition) is 3. The molecule has 4 nitrogen and oxygen atoms in total. The summed E-state index contributed by atoms with van der Waals surface area (Å²) in [4.78, 5) is 14.6. The lowest BCUT2D eigenvalue weighted by atomic mass is 10.1. The number of carboxylic acids is 1. The average molecular weight is 282 g/mol. The molecule has 0 aliphatic carbocycles. The van der Waals surface area contributed by atoms with E-state index in [1.54, 1.807) is 0 Å². The normalized spacial score (nSPS) is 11.2. The molecule has 0 bridgehead atoms. The molecule has 2 N–H and O–H groups in total. The monoisotopic (exact) mass is 282 g/mol. The van der Waals surface area contributed by atoms with E-state index in [2.05, 4.69) is 10.3 Å². The Labute approximate surface area is 111 Å². The fraction of sp³-hybridized carbons (Fsp3) is 0.0769. The van der Waals surface area contributed by atoms with Gasteiger partial charge in [-0.05, 0) is 18.2 Å². The van der Waals surface area contributed by atoms with Gasteiger partial charge in [-0.3, -0.25) is 4.98 Å². The Morgan fingerprint density at radius 3 is 2.50 bits per heavy atom. The molecule has 20 heavy (non-hydrogen) atoms. The number of nitrogens with one attached hydrogen (secondary N) is 1. The Bertz CT molecular complexity index is 642. The van der Waals surface area contributed by atoms with Crippen molar-refractivity contribution in [3.05, 3.63) is 53.9 Å². The van der Waals surface area contributed by atoms with Gasteiger partial charge in [0.2, 0.25) is 0 Å². The van der Waals surface area contributed by atoms with Crippen molar-refractivity contribution in [2.24, 2.45) is 0 Å². The summed E-state index contributed by atoms with van der Waals surface area (Å²) >= 11 is 0. The average Bonchev–Trinajstić information content (AvgIpc) is 2.38. The van der Waals surface area contributed by atoms with Crippen molar-refractivity contribution in [1.82, 2.24) is 4.98 Å². The molecular weight excluding hydrogens is 273 g/mol. The summed E-state index contributed by atoms with van der Waals surface area (Å²) in [6, 6.07) is 6.15. The van der Waals surface area contributed by atoms with Gasteiger partial charge in [-0.25, -0.2) is 4.79 Å². The van der Waals surface area contributed by atoms with Gasteiger partial charge < -0.3 is 10.4 Å². The summed E-state index contributed by atoms with van der Waals surface area (Å²) in [5.41, 5.74) is -1.24. The van der Waals surface area contributed by atoms with Crippen molar-refractivity contribution in [3.63, 3.8) is 0 Å². The van der Waals surface area contributed by atoms with Crippen molar-refractivity contribution in [1.29, 1.82) is 0 Å². The van der Waals surface area contributed by atoms with E-state index in [0.717, 1.165) is 12.3 Å². The van der Waals surface area contributed by atoms with Crippen LogP contribution in [0.2, 0.25) is 0 Å². The zero-order valence-electron chi connectivity index (χ0n) is 9.98. The Kier molecular flexibility index (Phi) is 3.60. The number of carboxylic acid groups (broad SMARTS) is 1. The van der Waals surface area contributed by atoms with Gasteiger partial charge in [-0.15, -0.1) is 0 Å². The molecule has 1 heterocycles. The lowest BCUT2D eigenvalue weighted by Gasteiger charge is -2.15. The van der Waals surface area contributed by atoms with Crippen molar-refractivity contribution in [2.75, 3.05) is 5.32 Å². The van der Waals surface area contributed by atoms with Crippen LogP contribution < -0.4 is 5.32 Å². The number of carbonyl (C=O) groups is 1. The van der Waals surface area contributed by atoms with Crippen LogP contribution in [0.4, 0.5) is 24.5 Å². The second-order valence-corrected chi connectivity index (χ2v) is 3.89. The minimum absolute atomic E-state index is 0.0456. The summed E-state index contributed by atoms with van der Waals surface area (Å²) in [5.74, 6) is -1.27. The Morgan fingerprint density at radius 2 is 1.85 bits per heavy atom. The molecule has 1 aromatic carbocycles. The maximum absolute atomic E-state index is 12.8. The summed E-state index contributed by atoms with van der Waals surface area (Å²) in [6.45, 7) is 0. The highest BCUT2D eigenvalue weighted by molar-refractivity contribution is 5.94. The maximum Gasteiger partial charge on any atom is 0.418 e. The van der Waals surface area contributed by atoms with Crippen LogP contribution in [-0.4, -0.2) is 16.1 Å². The van der Waals surface area contributed by atoms with Gasteiger partial charge in [0.05, 0.1) is 16.9 Å². The lowest BCUT2D eigenvalue weighted by Crippen LogP contribution is -2.10. The molecule has 0 saturated heterocycles. The number of nitrogens with zero attached hydrogens (tertiary/aromatic N) is 1. The van der Waals surface area contributed by atoms with E-state index in [4.69, 9.17) is 5.11 Å². The van der Waals surface area contributed by atoms with Crippen LogP contribution in [0, 0.1) is 0 Å². The van der Waals surface area contributed by atoms with Crippen molar-refractivity contribution >= 4 is 17.3 Å². The molecule has 0 amide bonds. The van der Waals surface area contributed by atoms with Crippen molar-refractivity contribution in [3.8, 4) is 0 Å². The number of aromatic nitrogens is 1. The van der Waals surface area contributed by atoms with E-state index >= 15 is 0 Å². The van der Waals surface area contributed by atoms with Gasteiger partial charge in [0, 0.05) is 12.4 Å². The number of hydrogen-bond donors (Lipinski definition) is 2. The quantitative estimate of drug-likeness (QED) is 0.903. The summed E-state index contributed by atoms with van der Waals surface area (Å²) in [5, 5.41) is 11.5. The van der Waals surface area contributed by atoms with E-state index in [0.29, 0.717) is 0 Å². The molecule has 2 rings (SSSR count). The number of alkyl halides is 3. The molecule has 0 atom stereocenters. The molecule has 2 aromatic rings. The molecule has 0 radical (unpaired) electrons. The highest BCUT2D eigenvalue weighted by Gasteiger charge is 2.33. The van der Waals surface area contributed by atoms with Gasteiger partial charge in [0.25, 0.3) is 0 Å². The lowest BCUT2D eigenvalue weighted by molar-refractivity contribution is -0.136. The minimum atomic E-state index is -4.53. The first-order valence-electron chi connectivity index (χ1n) is 5.50. The summed E-state index contributed by atoms with van der Waals surface area (Å²) in [6.07, 6.45) is -2.16. The number of para-hydroxylation sites is 1.